The van der Waals surface area contributed by atoms with Crippen LogP contribution in [0.3, 0.4) is 0 Å². The molecule has 36 heavy (non-hydrogen) atoms. The number of carbonyl (C=O) groups is 2. The summed E-state index contributed by atoms with van der Waals surface area (Å²) in [5, 5.41) is 11.4. The van der Waals surface area contributed by atoms with Crippen molar-refractivity contribution in [3.05, 3.63) is 101 Å². The highest BCUT2D eigenvalue weighted by Gasteiger charge is 2.46. The normalized spacial score (nSPS) is 19.0. The third kappa shape index (κ3) is 4.35. The molecule has 0 radical (unpaired) electrons. The highest BCUT2D eigenvalue weighted by atomic mass is 16.6. The van der Waals surface area contributed by atoms with Crippen molar-refractivity contribution in [2.75, 3.05) is 13.2 Å². The molecule has 2 aliphatic rings. The van der Waals surface area contributed by atoms with E-state index in [1.165, 1.54) is 4.90 Å². The maximum Gasteiger partial charge on any atom is 0.295 e. The van der Waals surface area contributed by atoms with E-state index in [-0.39, 0.29) is 23.3 Å². The minimum absolute atomic E-state index is 0.0461. The zero-order valence-electron chi connectivity index (χ0n) is 20.7. The summed E-state index contributed by atoms with van der Waals surface area (Å²) in [6, 6.07) is 21.7. The van der Waals surface area contributed by atoms with Gasteiger partial charge in [0.2, 0.25) is 0 Å². The number of hydrogen-bond acceptors (Lipinski definition) is 5. The van der Waals surface area contributed by atoms with E-state index in [9.17, 15) is 14.7 Å². The lowest BCUT2D eigenvalue weighted by Gasteiger charge is -2.27. The molecule has 1 N–H and O–H groups in total. The van der Waals surface area contributed by atoms with Crippen molar-refractivity contribution < 1.29 is 24.2 Å². The Labute approximate surface area is 210 Å². The Morgan fingerprint density at radius 2 is 1.58 bits per heavy atom. The summed E-state index contributed by atoms with van der Waals surface area (Å²) in [6.07, 6.45) is 0. The molecule has 2 aliphatic heterocycles. The molecule has 1 saturated heterocycles. The van der Waals surface area contributed by atoms with Crippen LogP contribution in [0.25, 0.3) is 5.76 Å². The predicted molar refractivity (Wildman–Crippen MR) is 137 cm³/mol. The van der Waals surface area contributed by atoms with Gasteiger partial charge in [-0.15, -0.1) is 0 Å². The van der Waals surface area contributed by atoms with Crippen molar-refractivity contribution >= 4 is 17.4 Å². The molecule has 1 atom stereocenters. The number of fused-ring (bicyclic) bond motifs is 1. The average Bonchev–Trinajstić information content (AvgIpc) is 3.13. The number of aliphatic hydroxyl groups excluding tert-OH is 1. The van der Waals surface area contributed by atoms with Crippen LogP contribution in [-0.4, -0.2) is 34.9 Å². The molecule has 0 bridgehead atoms. The highest BCUT2D eigenvalue weighted by Crippen LogP contribution is 2.42. The fraction of sp³-hybridized carbons (Fsp3) is 0.267. The number of likely N-dealkylation sites (tertiary alicyclic amines) is 1. The molecular formula is C30H29NO5. The Morgan fingerprint density at radius 3 is 2.25 bits per heavy atom. The van der Waals surface area contributed by atoms with Crippen LogP contribution in [0.15, 0.2) is 78.4 Å². The molecule has 3 aromatic rings. The molecule has 0 aliphatic carbocycles. The van der Waals surface area contributed by atoms with Crippen LogP contribution in [0.2, 0.25) is 0 Å². The second-order valence-corrected chi connectivity index (χ2v) is 10.1. The minimum Gasteiger partial charge on any atom is -0.507 e. The fourth-order valence-corrected chi connectivity index (χ4v) is 4.68. The van der Waals surface area contributed by atoms with E-state index in [0.717, 1.165) is 16.7 Å². The second-order valence-electron chi connectivity index (χ2n) is 10.1. The number of benzene rings is 3. The van der Waals surface area contributed by atoms with Crippen LogP contribution < -0.4 is 9.47 Å². The lowest BCUT2D eigenvalue weighted by Crippen LogP contribution is -2.29. The van der Waals surface area contributed by atoms with Crippen LogP contribution in [0, 0.1) is 0 Å². The SMILES string of the molecule is CC(C)(C)c1ccc([C@@H]2C(=C(O)c3ccc4c(c3)OCCO4)C(=O)C(=O)N2Cc2ccccc2)cc1. The first-order valence-corrected chi connectivity index (χ1v) is 12.1. The third-order valence-electron chi connectivity index (χ3n) is 6.64. The number of ether oxygens (including phenoxy) is 2. The summed E-state index contributed by atoms with van der Waals surface area (Å²) in [5.74, 6) is -0.497. The lowest BCUT2D eigenvalue weighted by molar-refractivity contribution is -0.140. The van der Waals surface area contributed by atoms with Crippen molar-refractivity contribution in [3.63, 3.8) is 0 Å². The fourth-order valence-electron chi connectivity index (χ4n) is 4.68. The largest absolute Gasteiger partial charge is 0.507 e. The number of carbonyl (C=O) groups excluding carboxylic acids is 2. The number of ketones is 1. The summed E-state index contributed by atoms with van der Waals surface area (Å²) < 4.78 is 11.2. The van der Waals surface area contributed by atoms with Gasteiger partial charge >= 0.3 is 0 Å². The van der Waals surface area contributed by atoms with Crippen molar-refractivity contribution in [3.8, 4) is 11.5 Å². The van der Waals surface area contributed by atoms with E-state index in [2.05, 4.69) is 20.8 Å². The van der Waals surface area contributed by atoms with E-state index in [1.54, 1.807) is 18.2 Å². The van der Waals surface area contributed by atoms with E-state index in [0.29, 0.717) is 30.3 Å². The molecule has 1 fully saturated rings. The average molecular weight is 484 g/mol. The smallest absolute Gasteiger partial charge is 0.295 e. The molecule has 0 unspecified atom stereocenters. The number of nitrogens with zero attached hydrogens (tertiary/aromatic N) is 1. The number of rotatable bonds is 4. The van der Waals surface area contributed by atoms with Gasteiger partial charge in [0.15, 0.2) is 11.5 Å². The predicted octanol–water partition coefficient (Wildman–Crippen LogP) is 5.38. The Bertz CT molecular complexity index is 1340. The van der Waals surface area contributed by atoms with E-state index >= 15 is 0 Å². The molecule has 6 nitrogen and oxygen atoms in total. The molecule has 0 saturated carbocycles. The van der Waals surface area contributed by atoms with Gasteiger partial charge in [-0.1, -0.05) is 75.4 Å². The standard InChI is InChI=1S/C30H29NO5/c1-30(2,3)22-12-9-20(10-13-22)26-25(27(32)21-11-14-23-24(17-21)36-16-15-35-23)28(33)29(34)31(26)18-19-7-5-4-6-8-19/h4-14,17,26,32H,15-16,18H2,1-3H3/t26-/m1/s1. The van der Waals surface area contributed by atoms with Crippen molar-refractivity contribution in [1.29, 1.82) is 0 Å². The zero-order chi connectivity index (χ0) is 25.4. The quantitative estimate of drug-likeness (QED) is 0.306. The molecule has 6 heteroatoms. The lowest BCUT2D eigenvalue weighted by atomic mass is 9.85. The molecule has 0 aromatic heterocycles. The maximum absolute atomic E-state index is 13.4. The number of hydrogen-bond donors (Lipinski definition) is 1. The van der Waals surface area contributed by atoms with Gasteiger partial charge < -0.3 is 19.5 Å². The van der Waals surface area contributed by atoms with Gasteiger partial charge in [-0.05, 0) is 40.3 Å². The third-order valence-corrected chi connectivity index (χ3v) is 6.64. The molecule has 1 amide bonds. The van der Waals surface area contributed by atoms with Crippen LogP contribution in [0.5, 0.6) is 11.5 Å². The summed E-state index contributed by atoms with van der Waals surface area (Å²) in [7, 11) is 0. The number of Topliss-reactive ketones (excluding diaryl/α,β-unsaturated/α-hetero) is 1. The highest BCUT2D eigenvalue weighted by molar-refractivity contribution is 6.46. The molecule has 184 valence electrons. The van der Waals surface area contributed by atoms with E-state index in [1.807, 2.05) is 54.6 Å². The summed E-state index contributed by atoms with van der Waals surface area (Å²) in [6.45, 7) is 7.49. The van der Waals surface area contributed by atoms with Crippen LogP contribution >= 0.6 is 0 Å². The maximum atomic E-state index is 13.4. The summed E-state index contributed by atoms with van der Waals surface area (Å²) in [4.78, 5) is 28.2. The van der Waals surface area contributed by atoms with Crippen molar-refractivity contribution in [1.82, 2.24) is 4.90 Å². The molecule has 3 aromatic carbocycles. The first kappa shape index (κ1) is 23.7. The van der Waals surface area contributed by atoms with Gasteiger partial charge in [0.05, 0.1) is 11.6 Å². The topological polar surface area (TPSA) is 76.1 Å². The van der Waals surface area contributed by atoms with Gasteiger partial charge in [-0.3, -0.25) is 9.59 Å². The van der Waals surface area contributed by atoms with E-state index in [4.69, 9.17) is 9.47 Å². The molecule has 2 heterocycles. The Balaban J connectivity index is 1.63. The van der Waals surface area contributed by atoms with Gasteiger partial charge in [-0.25, -0.2) is 0 Å². The monoisotopic (exact) mass is 483 g/mol. The van der Waals surface area contributed by atoms with Crippen molar-refractivity contribution in [2.24, 2.45) is 0 Å². The first-order chi connectivity index (χ1) is 17.2. The Morgan fingerprint density at radius 1 is 0.917 bits per heavy atom. The van der Waals surface area contributed by atoms with Crippen LogP contribution in [0.4, 0.5) is 0 Å². The molecular weight excluding hydrogens is 454 g/mol. The summed E-state index contributed by atoms with van der Waals surface area (Å²) >= 11 is 0. The van der Waals surface area contributed by atoms with Gasteiger partial charge in [0.25, 0.3) is 11.7 Å². The zero-order valence-corrected chi connectivity index (χ0v) is 20.7. The Hall–Kier alpha value is -4.06. The summed E-state index contributed by atoms with van der Waals surface area (Å²) in [5.41, 5.74) is 3.21. The first-order valence-electron chi connectivity index (χ1n) is 12.1. The minimum atomic E-state index is -0.729. The van der Waals surface area contributed by atoms with Crippen LogP contribution in [0.1, 0.15) is 49.1 Å². The molecule has 5 rings (SSSR count). The van der Waals surface area contributed by atoms with Gasteiger partial charge in [0.1, 0.15) is 19.0 Å². The second kappa shape index (κ2) is 9.19. The number of aliphatic hydroxyl groups is 1. The Kier molecular flexibility index (Phi) is 6.04. The van der Waals surface area contributed by atoms with Crippen molar-refractivity contribution in [2.45, 2.75) is 38.8 Å². The van der Waals surface area contributed by atoms with E-state index < -0.39 is 17.7 Å². The van der Waals surface area contributed by atoms with Gasteiger partial charge in [0, 0.05) is 12.1 Å². The number of amides is 1. The van der Waals surface area contributed by atoms with Gasteiger partial charge in [-0.2, -0.15) is 0 Å². The van der Waals surface area contributed by atoms with Crippen LogP contribution in [-0.2, 0) is 21.5 Å². The molecule has 0 spiro atoms.